The molecule has 1 aromatic heterocycles. The maximum Gasteiger partial charge on any atom is 0.270 e. The van der Waals surface area contributed by atoms with Crippen molar-refractivity contribution in [3.8, 4) is 5.75 Å². The van der Waals surface area contributed by atoms with Gasteiger partial charge in [0.15, 0.2) is 0 Å². The van der Waals surface area contributed by atoms with Crippen molar-refractivity contribution in [3.63, 3.8) is 0 Å². The highest BCUT2D eigenvalue weighted by atomic mass is 35.5. The average molecular weight is 454 g/mol. The molecule has 0 saturated carbocycles. The van der Waals surface area contributed by atoms with Gasteiger partial charge < -0.3 is 19.9 Å². The Kier molecular flexibility index (Phi) is 6.70. The first kappa shape index (κ1) is 22.2. The molecule has 1 saturated heterocycles. The van der Waals surface area contributed by atoms with E-state index in [-0.39, 0.29) is 23.7 Å². The van der Waals surface area contributed by atoms with Crippen molar-refractivity contribution in [2.75, 3.05) is 20.2 Å². The number of rotatable bonds is 6. The van der Waals surface area contributed by atoms with Crippen molar-refractivity contribution >= 4 is 34.3 Å². The molecule has 4 rings (SSSR count). The highest BCUT2D eigenvalue weighted by molar-refractivity contribution is 6.30. The van der Waals surface area contributed by atoms with Crippen LogP contribution in [0.1, 0.15) is 35.8 Å². The number of carbonyl (C=O) groups excluding carboxylic acids is 2. The van der Waals surface area contributed by atoms with Gasteiger partial charge in [-0.3, -0.25) is 9.59 Å². The molecule has 3 aromatic rings. The van der Waals surface area contributed by atoms with Gasteiger partial charge in [0.2, 0.25) is 5.91 Å². The Hall–Kier alpha value is -2.99. The number of nitrogens with zero attached hydrogens (tertiary/aromatic N) is 1. The number of halogens is 1. The number of fused-ring (bicyclic) bond motifs is 1. The predicted molar refractivity (Wildman–Crippen MR) is 126 cm³/mol. The van der Waals surface area contributed by atoms with Crippen molar-refractivity contribution in [3.05, 3.63) is 64.8 Å². The quantitative estimate of drug-likeness (QED) is 0.571. The van der Waals surface area contributed by atoms with Gasteiger partial charge in [-0.15, -0.1) is 0 Å². The van der Waals surface area contributed by atoms with Crippen LogP contribution in [0.25, 0.3) is 10.9 Å². The minimum Gasteiger partial charge on any atom is -0.497 e. The summed E-state index contributed by atoms with van der Waals surface area (Å²) < 4.78 is 5.26. The molecule has 0 spiro atoms. The van der Waals surface area contributed by atoms with E-state index in [2.05, 4.69) is 10.3 Å². The Labute approximate surface area is 192 Å². The summed E-state index contributed by atoms with van der Waals surface area (Å²) in [5.41, 5.74) is 2.45. The second kappa shape index (κ2) is 9.65. The van der Waals surface area contributed by atoms with Crippen LogP contribution in [0.2, 0.25) is 5.02 Å². The molecule has 1 aliphatic rings. The summed E-state index contributed by atoms with van der Waals surface area (Å²) in [5.74, 6) is 0.940. The fraction of sp³-hybridized carbons (Fsp3) is 0.360. The lowest BCUT2D eigenvalue weighted by molar-refractivity contribution is -0.126. The number of carbonyl (C=O) groups is 2. The number of piperidine rings is 1. The minimum atomic E-state index is -0.105. The largest absolute Gasteiger partial charge is 0.497 e. The van der Waals surface area contributed by atoms with Crippen LogP contribution in [0.5, 0.6) is 5.75 Å². The first-order valence-electron chi connectivity index (χ1n) is 10.9. The van der Waals surface area contributed by atoms with Gasteiger partial charge in [0, 0.05) is 47.5 Å². The lowest BCUT2D eigenvalue weighted by atomic mass is 9.84. The van der Waals surface area contributed by atoms with Crippen molar-refractivity contribution in [1.82, 2.24) is 15.2 Å². The molecule has 1 fully saturated rings. The summed E-state index contributed by atoms with van der Waals surface area (Å²) >= 11 is 6.01. The lowest BCUT2D eigenvalue weighted by Crippen LogP contribution is -2.42. The second-order valence-corrected chi connectivity index (χ2v) is 8.84. The van der Waals surface area contributed by atoms with Crippen LogP contribution in [0.15, 0.2) is 48.5 Å². The van der Waals surface area contributed by atoms with Crippen LogP contribution >= 0.6 is 11.6 Å². The van der Waals surface area contributed by atoms with E-state index >= 15 is 0 Å². The molecule has 2 amide bonds. The number of ether oxygens (including phenoxy) is 1. The summed E-state index contributed by atoms with van der Waals surface area (Å²) in [5, 5.41) is 4.66. The molecular weight excluding hydrogens is 426 g/mol. The van der Waals surface area contributed by atoms with Crippen molar-refractivity contribution in [2.24, 2.45) is 11.8 Å². The van der Waals surface area contributed by atoms with Crippen molar-refractivity contribution in [1.29, 1.82) is 0 Å². The SMILES string of the molecule is COc1ccc2cc(C(=O)N3CCC([C@H](C)C(=O)NCc4cccc(Cl)c4)CC3)[nH]c2c1. The Bertz CT molecular complexity index is 1120. The van der Waals surface area contributed by atoms with E-state index in [1.54, 1.807) is 7.11 Å². The van der Waals surface area contributed by atoms with Crippen LogP contribution in [-0.4, -0.2) is 41.9 Å². The molecule has 0 unspecified atom stereocenters. The Balaban J connectivity index is 1.31. The van der Waals surface area contributed by atoms with Crippen LogP contribution in [0.4, 0.5) is 0 Å². The summed E-state index contributed by atoms with van der Waals surface area (Å²) in [4.78, 5) is 30.7. The van der Waals surface area contributed by atoms with E-state index in [0.29, 0.717) is 30.4 Å². The second-order valence-electron chi connectivity index (χ2n) is 8.40. The molecule has 0 radical (unpaired) electrons. The molecule has 32 heavy (non-hydrogen) atoms. The number of aromatic amines is 1. The van der Waals surface area contributed by atoms with Crippen LogP contribution in [0.3, 0.4) is 0 Å². The number of H-pyrrole nitrogens is 1. The Morgan fingerprint density at radius 3 is 2.69 bits per heavy atom. The van der Waals surface area contributed by atoms with Gasteiger partial charge in [-0.2, -0.15) is 0 Å². The van der Waals surface area contributed by atoms with Crippen LogP contribution in [0, 0.1) is 11.8 Å². The number of hydrogen-bond donors (Lipinski definition) is 2. The fourth-order valence-electron chi connectivity index (χ4n) is 4.33. The third kappa shape index (κ3) is 4.91. The van der Waals surface area contributed by atoms with Gasteiger partial charge in [-0.1, -0.05) is 30.7 Å². The molecule has 0 bridgehead atoms. The third-order valence-corrected chi connectivity index (χ3v) is 6.60. The summed E-state index contributed by atoms with van der Waals surface area (Å²) in [6.45, 7) is 3.73. The predicted octanol–water partition coefficient (Wildman–Crippen LogP) is 4.63. The molecule has 2 heterocycles. The maximum atomic E-state index is 13.0. The van der Waals surface area contributed by atoms with Gasteiger partial charge in [0.25, 0.3) is 5.91 Å². The molecule has 7 heteroatoms. The summed E-state index contributed by atoms with van der Waals surface area (Å²) in [7, 11) is 1.62. The van der Waals surface area contributed by atoms with Gasteiger partial charge in [-0.25, -0.2) is 0 Å². The topological polar surface area (TPSA) is 74.4 Å². The van der Waals surface area contributed by atoms with Gasteiger partial charge >= 0.3 is 0 Å². The highest BCUT2D eigenvalue weighted by Gasteiger charge is 2.30. The number of hydrogen-bond acceptors (Lipinski definition) is 3. The Morgan fingerprint density at radius 1 is 1.19 bits per heavy atom. The molecule has 1 aliphatic heterocycles. The zero-order valence-corrected chi connectivity index (χ0v) is 19.1. The molecule has 2 N–H and O–H groups in total. The number of likely N-dealkylation sites (tertiary alicyclic amines) is 1. The monoisotopic (exact) mass is 453 g/mol. The molecule has 168 valence electrons. The highest BCUT2D eigenvalue weighted by Crippen LogP contribution is 2.27. The van der Waals surface area contributed by atoms with E-state index in [1.807, 2.05) is 60.4 Å². The van der Waals surface area contributed by atoms with E-state index in [0.717, 1.165) is 35.1 Å². The van der Waals surface area contributed by atoms with Gasteiger partial charge in [0.1, 0.15) is 11.4 Å². The Morgan fingerprint density at radius 2 is 1.97 bits per heavy atom. The van der Waals surface area contributed by atoms with Crippen LogP contribution in [-0.2, 0) is 11.3 Å². The molecule has 2 aromatic carbocycles. The molecule has 1 atom stereocenters. The zero-order valence-electron chi connectivity index (χ0n) is 18.4. The van der Waals surface area contributed by atoms with E-state index in [1.165, 1.54) is 0 Å². The number of nitrogens with one attached hydrogen (secondary N) is 2. The molecular formula is C25H28ClN3O3. The maximum absolute atomic E-state index is 13.0. The fourth-order valence-corrected chi connectivity index (χ4v) is 4.55. The van der Waals surface area contributed by atoms with E-state index in [4.69, 9.17) is 16.3 Å². The smallest absolute Gasteiger partial charge is 0.270 e. The minimum absolute atomic E-state index is 0.00308. The average Bonchev–Trinajstić information content (AvgIpc) is 3.25. The van der Waals surface area contributed by atoms with E-state index < -0.39 is 0 Å². The number of benzene rings is 2. The summed E-state index contributed by atoms with van der Waals surface area (Å²) in [6, 6.07) is 15.1. The van der Waals surface area contributed by atoms with Gasteiger partial charge in [-0.05, 0) is 54.7 Å². The standard InChI is InChI=1S/C25H28ClN3O3/c1-16(24(30)27-15-17-4-3-5-20(26)12-17)18-8-10-29(11-9-18)25(31)23-13-19-6-7-21(32-2)14-22(19)28-23/h3-7,12-14,16,18,28H,8-11,15H2,1-2H3,(H,27,30)/t16-/m0/s1. The van der Waals surface area contributed by atoms with Gasteiger partial charge in [0.05, 0.1) is 7.11 Å². The normalized spacial score (nSPS) is 15.5. The van der Waals surface area contributed by atoms with Crippen LogP contribution < -0.4 is 10.1 Å². The number of aromatic nitrogens is 1. The first-order chi connectivity index (χ1) is 15.4. The third-order valence-electron chi connectivity index (χ3n) is 6.36. The summed E-state index contributed by atoms with van der Waals surface area (Å²) in [6.07, 6.45) is 1.62. The van der Waals surface area contributed by atoms with Crippen molar-refractivity contribution in [2.45, 2.75) is 26.3 Å². The molecule has 0 aliphatic carbocycles. The van der Waals surface area contributed by atoms with Crippen molar-refractivity contribution < 1.29 is 14.3 Å². The lowest BCUT2D eigenvalue weighted by Gasteiger charge is -2.34. The number of methoxy groups -OCH3 is 1. The first-order valence-corrected chi connectivity index (χ1v) is 11.3. The molecule has 6 nitrogen and oxygen atoms in total. The zero-order chi connectivity index (χ0) is 22.7. The number of amides is 2. The van der Waals surface area contributed by atoms with E-state index in [9.17, 15) is 9.59 Å².